The van der Waals surface area contributed by atoms with Gasteiger partial charge in [-0.25, -0.2) is 0 Å². The Balaban J connectivity index is 0.00000392. The van der Waals surface area contributed by atoms with E-state index in [1.807, 2.05) is 32.0 Å². The number of hydrogen-bond donors (Lipinski definition) is 0. The van der Waals surface area contributed by atoms with E-state index in [9.17, 15) is 4.79 Å². The van der Waals surface area contributed by atoms with Crippen LogP contribution in [0.2, 0.25) is 10.0 Å². The molecule has 0 amide bonds. The standard InChI is InChI=1S/C21H25Cl2O3P.Li.H/c1-5-13(3)25-15-10-11-19(18(12-15)26-14(4)6-2)27-21(24)20-16(22)8-7-9-17(20)23;;/h7-14,27H,5-6H2,1-4H3;;. The van der Waals surface area contributed by atoms with Gasteiger partial charge in [-0.2, -0.15) is 0 Å². The van der Waals surface area contributed by atoms with Crippen LogP contribution in [0.15, 0.2) is 36.4 Å². The second kappa shape index (κ2) is 12.1. The first kappa shape index (κ1) is 25.4. The zero-order valence-electron chi connectivity index (χ0n) is 16.0. The molecular weight excluding hydrogens is 409 g/mol. The Kier molecular flexibility index (Phi) is 11.0. The number of rotatable bonds is 9. The van der Waals surface area contributed by atoms with Crippen molar-refractivity contribution in [3.8, 4) is 11.5 Å². The third kappa shape index (κ3) is 6.98. The molecule has 2 aromatic rings. The van der Waals surface area contributed by atoms with Crippen molar-refractivity contribution >= 4 is 61.5 Å². The fourth-order valence-electron chi connectivity index (χ4n) is 2.29. The molecule has 2 rings (SSSR count). The molecular formula is C21H26Cl2LiO3P. The number of benzene rings is 2. The van der Waals surface area contributed by atoms with Crippen molar-refractivity contribution in [2.45, 2.75) is 52.7 Å². The van der Waals surface area contributed by atoms with Gasteiger partial charge in [0.05, 0.1) is 27.8 Å². The Morgan fingerprint density at radius 2 is 1.57 bits per heavy atom. The Bertz CT molecular complexity index is 781. The van der Waals surface area contributed by atoms with Crippen LogP contribution in [0.4, 0.5) is 0 Å². The van der Waals surface area contributed by atoms with E-state index in [-0.39, 0.29) is 45.2 Å². The van der Waals surface area contributed by atoms with E-state index in [1.165, 1.54) is 0 Å². The van der Waals surface area contributed by atoms with Gasteiger partial charge in [0.15, 0.2) is 5.52 Å². The summed E-state index contributed by atoms with van der Waals surface area (Å²) in [5.74, 6) is 1.40. The van der Waals surface area contributed by atoms with Crippen molar-refractivity contribution in [1.29, 1.82) is 0 Å². The molecule has 0 radical (unpaired) electrons. The van der Waals surface area contributed by atoms with Crippen LogP contribution < -0.4 is 14.8 Å². The van der Waals surface area contributed by atoms with Crippen LogP contribution in [-0.4, -0.2) is 36.6 Å². The van der Waals surface area contributed by atoms with Gasteiger partial charge in [0.2, 0.25) is 0 Å². The topological polar surface area (TPSA) is 35.5 Å². The molecule has 3 atom stereocenters. The average Bonchev–Trinajstić information content (AvgIpc) is 2.63. The molecule has 0 aliphatic carbocycles. The van der Waals surface area contributed by atoms with E-state index in [0.717, 1.165) is 23.9 Å². The van der Waals surface area contributed by atoms with Crippen LogP contribution in [0.5, 0.6) is 11.5 Å². The van der Waals surface area contributed by atoms with Gasteiger partial charge in [0, 0.05) is 11.4 Å². The quantitative estimate of drug-likeness (QED) is 0.367. The zero-order valence-corrected chi connectivity index (χ0v) is 18.5. The maximum atomic E-state index is 12.8. The monoisotopic (exact) mass is 434 g/mol. The fraction of sp³-hybridized carbons (Fsp3) is 0.381. The van der Waals surface area contributed by atoms with Gasteiger partial charge in [-0.15, -0.1) is 0 Å². The maximum absolute atomic E-state index is 12.8. The van der Waals surface area contributed by atoms with E-state index in [1.54, 1.807) is 18.2 Å². The first-order valence-electron chi connectivity index (χ1n) is 9.08. The minimum absolute atomic E-state index is 0. The number of halogens is 2. The van der Waals surface area contributed by atoms with Gasteiger partial charge >= 0.3 is 18.9 Å². The van der Waals surface area contributed by atoms with Gasteiger partial charge in [-0.05, 0) is 59.5 Å². The molecule has 0 bridgehead atoms. The summed E-state index contributed by atoms with van der Waals surface area (Å²) in [5.41, 5.74) is 0.240. The molecule has 28 heavy (non-hydrogen) atoms. The van der Waals surface area contributed by atoms with Crippen molar-refractivity contribution in [2.75, 3.05) is 0 Å². The van der Waals surface area contributed by atoms with E-state index in [2.05, 4.69) is 13.8 Å². The summed E-state index contributed by atoms with van der Waals surface area (Å²) < 4.78 is 12.0. The van der Waals surface area contributed by atoms with E-state index < -0.39 is 0 Å². The molecule has 0 aromatic heterocycles. The molecule has 0 heterocycles. The summed E-state index contributed by atoms with van der Waals surface area (Å²) in [6.07, 6.45) is 1.92. The molecule has 0 saturated heterocycles. The van der Waals surface area contributed by atoms with Gasteiger partial charge in [-0.3, -0.25) is 4.79 Å². The van der Waals surface area contributed by atoms with Crippen molar-refractivity contribution < 1.29 is 14.3 Å². The predicted molar refractivity (Wildman–Crippen MR) is 123 cm³/mol. The molecule has 0 aliphatic heterocycles. The average molecular weight is 435 g/mol. The van der Waals surface area contributed by atoms with E-state index >= 15 is 0 Å². The number of carbonyl (C=O) groups is 1. The molecule has 3 nitrogen and oxygen atoms in total. The Morgan fingerprint density at radius 1 is 1.00 bits per heavy atom. The SMILES string of the molecule is CCC(C)Oc1ccc(PC(=O)c2c(Cl)cccc2Cl)c(OC(C)CC)c1.[LiH]. The Morgan fingerprint density at radius 3 is 2.14 bits per heavy atom. The molecule has 2 aromatic carbocycles. The van der Waals surface area contributed by atoms with Crippen LogP contribution in [0.25, 0.3) is 0 Å². The summed E-state index contributed by atoms with van der Waals surface area (Å²) in [4.78, 5) is 12.8. The van der Waals surface area contributed by atoms with Crippen molar-refractivity contribution in [3.05, 3.63) is 52.0 Å². The van der Waals surface area contributed by atoms with Gasteiger partial charge in [0.25, 0.3) is 0 Å². The van der Waals surface area contributed by atoms with E-state index in [0.29, 0.717) is 21.4 Å². The van der Waals surface area contributed by atoms with Crippen LogP contribution in [0.3, 0.4) is 0 Å². The van der Waals surface area contributed by atoms with Crippen molar-refractivity contribution in [2.24, 2.45) is 0 Å². The van der Waals surface area contributed by atoms with Gasteiger partial charge < -0.3 is 9.47 Å². The Hall–Kier alpha value is -0.683. The van der Waals surface area contributed by atoms with Gasteiger partial charge in [0.1, 0.15) is 11.5 Å². The minimum atomic E-state index is -0.148. The summed E-state index contributed by atoms with van der Waals surface area (Å²) in [6.45, 7) is 8.15. The molecule has 3 unspecified atom stereocenters. The third-order valence-corrected chi connectivity index (χ3v) is 6.00. The second-order valence-corrected chi connectivity index (χ2v) is 8.44. The number of ether oxygens (including phenoxy) is 2. The molecule has 7 heteroatoms. The van der Waals surface area contributed by atoms with Crippen LogP contribution in [-0.2, 0) is 0 Å². The predicted octanol–water partition coefficient (Wildman–Crippen LogP) is 5.84. The second-order valence-electron chi connectivity index (χ2n) is 6.38. The summed E-state index contributed by atoms with van der Waals surface area (Å²) in [7, 11) is -0.148. The third-order valence-electron chi connectivity index (χ3n) is 4.21. The normalized spacial score (nSPS) is 13.1. The molecule has 0 aliphatic rings. The first-order valence-corrected chi connectivity index (χ1v) is 10.8. The van der Waals surface area contributed by atoms with Crippen LogP contribution in [0, 0.1) is 0 Å². The zero-order chi connectivity index (χ0) is 20.0. The number of carbonyl (C=O) groups excluding carboxylic acids is 1. The van der Waals surface area contributed by atoms with E-state index in [4.69, 9.17) is 32.7 Å². The summed E-state index contributed by atoms with van der Waals surface area (Å²) >= 11 is 12.4. The summed E-state index contributed by atoms with van der Waals surface area (Å²) in [5, 5.41) is 1.54. The molecule has 0 N–H and O–H groups in total. The Labute approximate surface area is 191 Å². The molecule has 0 spiro atoms. The van der Waals surface area contributed by atoms with Crippen molar-refractivity contribution in [1.82, 2.24) is 0 Å². The first-order chi connectivity index (χ1) is 12.8. The van der Waals surface area contributed by atoms with Crippen LogP contribution >= 0.6 is 31.8 Å². The van der Waals surface area contributed by atoms with Crippen molar-refractivity contribution in [3.63, 3.8) is 0 Å². The fourth-order valence-corrected chi connectivity index (χ4v) is 4.08. The van der Waals surface area contributed by atoms with Crippen LogP contribution in [0.1, 0.15) is 50.9 Å². The summed E-state index contributed by atoms with van der Waals surface area (Å²) in [6, 6.07) is 10.7. The molecule has 148 valence electrons. The number of hydrogen-bond acceptors (Lipinski definition) is 3. The molecule has 0 saturated carbocycles. The molecule has 0 fully saturated rings. The van der Waals surface area contributed by atoms with Gasteiger partial charge in [-0.1, -0.05) is 43.1 Å².